The number of nitrogen functional groups attached to an aromatic ring is 2. The predicted molar refractivity (Wildman–Crippen MR) is 88.1 cm³/mol. The number of rotatable bonds is 5. The summed E-state index contributed by atoms with van der Waals surface area (Å²) in [5, 5.41) is 13.1. The third kappa shape index (κ3) is 2.44. The summed E-state index contributed by atoms with van der Waals surface area (Å²) in [4.78, 5) is 0. The van der Waals surface area contributed by atoms with Crippen molar-refractivity contribution in [1.82, 2.24) is 24.7 Å². The Morgan fingerprint density at radius 2 is 2.00 bits per heavy atom. The van der Waals surface area contributed by atoms with Crippen LogP contribution in [0.25, 0.3) is 17.1 Å². The van der Waals surface area contributed by atoms with Gasteiger partial charge in [-0.1, -0.05) is 36.0 Å². The first-order valence-corrected chi connectivity index (χ1v) is 7.54. The molecule has 0 atom stereocenters. The van der Waals surface area contributed by atoms with Crippen LogP contribution in [0.1, 0.15) is 0 Å². The Labute approximate surface area is 131 Å². The van der Waals surface area contributed by atoms with Crippen molar-refractivity contribution in [2.24, 2.45) is 0 Å². The Morgan fingerprint density at radius 1 is 1.23 bits per heavy atom. The van der Waals surface area contributed by atoms with E-state index in [0.29, 0.717) is 28.1 Å². The highest BCUT2D eigenvalue weighted by Crippen LogP contribution is 2.27. The Kier molecular flexibility index (Phi) is 3.84. The highest BCUT2D eigenvalue weighted by atomic mass is 32.2. The van der Waals surface area contributed by atoms with Gasteiger partial charge in [-0.15, -0.1) is 16.8 Å². The number of hydrogen-bond acceptors (Lipinski definition) is 6. The van der Waals surface area contributed by atoms with Gasteiger partial charge < -0.3 is 11.6 Å². The van der Waals surface area contributed by atoms with Crippen LogP contribution in [0.2, 0.25) is 0 Å². The van der Waals surface area contributed by atoms with Crippen molar-refractivity contribution in [2.45, 2.75) is 5.16 Å². The Morgan fingerprint density at radius 3 is 2.73 bits per heavy atom. The third-order valence-corrected chi connectivity index (χ3v) is 3.98. The average molecular weight is 313 g/mol. The third-order valence-electron chi connectivity index (χ3n) is 3.04. The zero-order valence-corrected chi connectivity index (χ0v) is 12.6. The van der Waals surface area contributed by atoms with E-state index >= 15 is 0 Å². The molecule has 0 radical (unpaired) electrons. The summed E-state index contributed by atoms with van der Waals surface area (Å²) < 4.78 is 3.05. The first kappa shape index (κ1) is 14.2. The molecule has 0 aliphatic heterocycles. The first-order chi connectivity index (χ1) is 10.7. The smallest absolute Gasteiger partial charge is 0.210 e. The molecule has 0 bridgehead atoms. The van der Waals surface area contributed by atoms with Crippen LogP contribution in [0.4, 0.5) is 5.82 Å². The maximum atomic E-state index is 6.19. The molecule has 0 amide bonds. The van der Waals surface area contributed by atoms with E-state index < -0.39 is 0 Å². The molecular formula is C14H15N7S. The fourth-order valence-corrected chi connectivity index (χ4v) is 2.59. The van der Waals surface area contributed by atoms with Gasteiger partial charge >= 0.3 is 0 Å². The van der Waals surface area contributed by atoms with Crippen molar-refractivity contribution < 1.29 is 0 Å². The van der Waals surface area contributed by atoms with Crippen molar-refractivity contribution in [3.05, 3.63) is 49.2 Å². The van der Waals surface area contributed by atoms with Crippen LogP contribution >= 0.6 is 11.8 Å². The Bertz CT molecular complexity index is 791. The Balaban J connectivity index is 1.99. The van der Waals surface area contributed by atoms with E-state index in [1.807, 2.05) is 30.3 Å². The largest absolute Gasteiger partial charge is 0.383 e. The van der Waals surface area contributed by atoms with Crippen molar-refractivity contribution >= 4 is 17.6 Å². The lowest BCUT2D eigenvalue weighted by atomic mass is 10.3. The molecule has 3 aromatic rings. The molecule has 2 aromatic heterocycles. The molecule has 0 aliphatic carbocycles. The van der Waals surface area contributed by atoms with Crippen LogP contribution in [-0.4, -0.2) is 30.4 Å². The van der Waals surface area contributed by atoms with Gasteiger partial charge in [0.05, 0.1) is 17.4 Å². The predicted octanol–water partition coefficient (Wildman–Crippen LogP) is 1.70. The van der Waals surface area contributed by atoms with Crippen molar-refractivity contribution in [3.63, 3.8) is 0 Å². The summed E-state index contributed by atoms with van der Waals surface area (Å²) in [7, 11) is 0. The van der Waals surface area contributed by atoms with Crippen LogP contribution in [0.5, 0.6) is 0 Å². The fourth-order valence-electron chi connectivity index (χ4n) is 2.00. The maximum absolute atomic E-state index is 6.19. The quantitative estimate of drug-likeness (QED) is 0.422. The maximum Gasteiger partial charge on any atom is 0.210 e. The van der Waals surface area contributed by atoms with Gasteiger partial charge in [0.15, 0.2) is 5.82 Å². The SMILES string of the molecule is C=CCSc1nnc(-c2cnn(-c3ccccc3)c2N)n1N. The molecule has 0 saturated heterocycles. The van der Waals surface area contributed by atoms with Crippen LogP contribution in [0, 0.1) is 0 Å². The number of hydrogen-bond donors (Lipinski definition) is 2. The van der Waals surface area contributed by atoms with E-state index in [4.69, 9.17) is 11.6 Å². The number of benzene rings is 1. The van der Waals surface area contributed by atoms with Gasteiger partial charge in [-0.25, -0.2) is 9.36 Å². The second-order valence-electron chi connectivity index (χ2n) is 4.47. The van der Waals surface area contributed by atoms with E-state index in [1.54, 1.807) is 17.0 Å². The number of nitrogens with two attached hydrogens (primary N) is 2. The monoisotopic (exact) mass is 313 g/mol. The van der Waals surface area contributed by atoms with Gasteiger partial charge in [-0.3, -0.25) is 0 Å². The second kappa shape index (κ2) is 5.94. The molecule has 4 N–H and O–H groups in total. The lowest BCUT2D eigenvalue weighted by Crippen LogP contribution is -2.12. The summed E-state index contributed by atoms with van der Waals surface area (Å²) in [6.07, 6.45) is 3.42. The molecule has 0 spiro atoms. The summed E-state index contributed by atoms with van der Waals surface area (Å²) in [5.41, 5.74) is 7.70. The number of anilines is 1. The minimum atomic E-state index is 0.463. The van der Waals surface area contributed by atoms with Gasteiger partial charge in [0.1, 0.15) is 5.82 Å². The molecule has 112 valence electrons. The molecule has 0 aliphatic rings. The van der Waals surface area contributed by atoms with Crippen molar-refractivity contribution in [2.75, 3.05) is 17.3 Å². The van der Waals surface area contributed by atoms with E-state index in [-0.39, 0.29) is 0 Å². The number of nitrogens with zero attached hydrogens (tertiary/aromatic N) is 5. The minimum Gasteiger partial charge on any atom is -0.383 e. The van der Waals surface area contributed by atoms with Crippen molar-refractivity contribution in [3.8, 4) is 17.1 Å². The van der Waals surface area contributed by atoms with Gasteiger partial charge in [0.2, 0.25) is 5.16 Å². The molecule has 0 unspecified atom stereocenters. The Hall–Kier alpha value is -2.74. The molecular weight excluding hydrogens is 298 g/mol. The van der Waals surface area contributed by atoms with Gasteiger partial charge in [-0.05, 0) is 12.1 Å². The summed E-state index contributed by atoms with van der Waals surface area (Å²) in [6.45, 7) is 3.67. The van der Waals surface area contributed by atoms with Gasteiger partial charge in [0, 0.05) is 5.75 Å². The van der Waals surface area contributed by atoms with Crippen LogP contribution < -0.4 is 11.6 Å². The van der Waals surface area contributed by atoms with E-state index in [9.17, 15) is 0 Å². The normalized spacial score (nSPS) is 10.7. The molecule has 22 heavy (non-hydrogen) atoms. The van der Waals surface area contributed by atoms with Gasteiger partial charge in [-0.2, -0.15) is 5.10 Å². The van der Waals surface area contributed by atoms with Crippen LogP contribution in [0.3, 0.4) is 0 Å². The number of para-hydroxylation sites is 1. The van der Waals surface area contributed by atoms with Crippen LogP contribution in [0.15, 0.2) is 54.3 Å². The lowest BCUT2D eigenvalue weighted by Gasteiger charge is -2.05. The first-order valence-electron chi connectivity index (χ1n) is 6.56. The fraction of sp³-hybridized carbons (Fsp3) is 0.0714. The number of thioether (sulfide) groups is 1. The highest BCUT2D eigenvalue weighted by Gasteiger charge is 2.18. The molecule has 0 saturated carbocycles. The number of aromatic nitrogens is 5. The minimum absolute atomic E-state index is 0.463. The zero-order chi connectivity index (χ0) is 15.5. The van der Waals surface area contributed by atoms with E-state index in [0.717, 1.165) is 5.69 Å². The molecule has 8 heteroatoms. The second-order valence-corrected chi connectivity index (χ2v) is 5.45. The highest BCUT2D eigenvalue weighted by molar-refractivity contribution is 7.99. The standard InChI is InChI=1S/C14H15N7S/c1-2-8-22-14-19-18-13(20(14)16)11-9-17-21(12(11)15)10-6-4-3-5-7-10/h2-7,9H,1,8,15-16H2. The van der Waals surface area contributed by atoms with E-state index in [1.165, 1.54) is 16.4 Å². The zero-order valence-electron chi connectivity index (χ0n) is 11.8. The molecule has 1 aromatic carbocycles. The molecule has 2 heterocycles. The van der Waals surface area contributed by atoms with Crippen LogP contribution in [-0.2, 0) is 0 Å². The van der Waals surface area contributed by atoms with Crippen molar-refractivity contribution in [1.29, 1.82) is 0 Å². The summed E-state index contributed by atoms with van der Waals surface area (Å²) in [6, 6.07) is 9.62. The molecule has 0 fully saturated rings. The molecule has 3 rings (SSSR count). The summed E-state index contributed by atoms with van der Waals surface area (Å²) in [5.74, 6) is 7.68. The van der Waals surface area contributed by atoms with Gasteiger partial charge in [0.25, 0.3) is 0 Å². The lowest BCUT2D eigenvalue weighted by molar-refractivity contribution is 0.851. The topological polar surface area (TPSA) is 101 Å². The molecule has 7 nitrogen and oxygen atoms in total. The van der Waals surface area contributed by atoms with E-state index in [2.05, 4.69) is 21.9 Å². The average Bonchev–Trinajstić information content (AvgIpc) is 3.09. The summed E-state index contributed by atoms with van der Waals surface area (Å²) >= 11 is 1.45.